The van der Waals surface area contributed by atoms with Crippen molar-refractivity contribution in [3.05, 3.63) is 18.0 Å². The highest BCUT2D eigenvalue weighted by atomic mass is 16.5. The number of hydrogen-bond acceptors (Lipinski definition) is 3. The summed E-state index contributed by atoms with van der Waals surface area (Å²) in [6, 6.07) is 0. The number of carbonyl (C=O) groups is 1. The first kappa shape index (κ1) is 12.7. The molecule has 0 radical (unpaired) electrons. The topological polar surface area (TPSA) is 47.4 Å². The van der Waals surface area contributed by atoms with Crippen LogP contribution in [0.5, 0.6) is 0 Å². The maximum atomic E-state index is 12.4. The van der Waals surface area contributed by atoms with Gasteiger partial charge in [0.25, 0.3) is 5.91 Å². The van der Waals surface area contributed by atoms with E-state index in [4.69, 9.17) is 4.74 Å². The lowest BCUT2D eigenvalue weighted by atomic mass is 9.83. The first-order valence-electron chi connectivity index (χ1n) is 7.08. The van der Waals surface area contributed by atoms with Gasteiger partial charge in [0.15, 0.2) is 0 Å². The average molecular weight is 263 g/mol. The Balaban J connectivity index is 1.67. The molecule has 5 nitrogen and oxygen atoms in total. The van der Waals surface area contributed by atoms with Crippen molar-refractivity contribution in [2.75, 3.05) is 19.7 Å². The number of piperidine rings is 1. The molecule has 3 heterocycles. The molecule has 3 rings (SSSR count). The molecule has 104 valence electrons. The van der Waals surface area contributed by atoms with Crippen LogP contribution in [0.25, 0.3) is 0 Å². The molecule has 19 heavy (non-hydrogen) atoms. The van der Waals surface area contributed by atoms with Gasteiger partial charge in [0.2, 0.25) is 0 Å². The predicted molar refractivity (Wildman–Crippen MR) is 70.7 cm³/mol. The number of carbonyl (C=O) groups excluding carboxylic acids is 1. The molecule has 0 aromatic carbocycles. The van der Waals surface area contributed by atoms with E-state index in [0.717, 1.165) is 32.5 Å². The van der Waals surface area contributed by atoms with Gasteiger partial charge in [-0.25, -0.2) is 0 Å². The van der Waals surface area contributed by atoms with Crippen LogP contribution in [-0.4, -0.2) is 46.4 Å². The van der Waals surface area contributed by atoms with Crippen LogP contribution in [0.1, 0.15) is 30.1 Å². The molecule has 1 aromatic heterocycles. The van der Waals surface area contributed by atoms with Gasteiger partial charge in [-0.1, -0.05) is 6.92 Å². The summed E-state index contributed by atoms with van der Waals surface area (Å²) < 4.78 is 7.50. The van der Waals surface area contributed by atoms with Crippen molar-refractivity contribution >= 4 is 5.91 Å². The van der Waals surface area contributed by atoms with Gasteiger partial charge in [-0.05, 0) is 18.8 Å². The predicted octanol–water partition coefficient (Wildman–Crippen LogP) is 1.31. The van der Waals surface area contributed by atoms with Gasteiger partial charge in [0, 0.05) is 32.3 Å². The standard InChI is InChI=1S/C14H21N3O2/c1-3-13-12-4-5-17(8-11(12)9-19-13)14(18)10-6-15-16(2)7-10/h6-7,11-13H,3-5,8-9H2,1-2H3/t11-,12-,13-/m1/s1. The molecular weight excluding hydrogens is 242 g/mol. The van der Waals surface area contributed by atoms with Gasteiger partial charge in [-0.2, -0.15) is 5.10 Å². The van der Waals surface area contributed by atoms with Crippen molar-refractivity contribution in [2.24, 2.45) is 18.9 Å². The number of aryl methyl sites for hydroxylation is 1. The van der Waals surface area contributed by atoms with Crippen molar-refractivity contribution in [3.63, 3.8) is 0 Å². The van der Waals surface area contributed by atoms with Crippen molar-refractivity contribution in [3.8, 4) is 0 Å². The van der Waals surface area contributed by atoms with E-state index >= 15 is 0 Å². The van der Waals surface area contributed by atoms with E-state index in [-0.39, 0.29) is 5.91 Å². The van der Waals surface area contributed by atoms with Gasteiger partial charge in [0.1, 0.15) is 0 Å². The highest BCUT2D eigenvalue weighted by molar-refractivity contribution is 5.93. The van der Waals surface area contributed by atoms with Crippen molar-refractivity contribution in [2.45, 2.75) is 25.9 Å². The minimum Gasteiger partial charge on any atom is -0.378 e. The molecule has 2 aliphatic rings. The fraction of sp³-hybridized carbons (Fsp3) is 0.714. The quantitative estimate of drug-likeness (QED) is 0.808. The van der Waals surface area contributed by atoms with Gasteiger partial charge in [-0.3, -0.25) is 9.48 Å². The molecule has 0 bridgehead atoms. The summed E-state index contributed by atoms with van der Waals surface area (Å²) >= 11 is 0. The fourth-order valence-electron chi connectivity index (χ4n) is 3.41. The second kappa shape index (κ2) is 4.96. The molecule has 0 saturated carbocycles. The van der Waals surface area contributed by atoms with E-state index in [2.05, 4.69) is 12.0 Å². The van der Waals surface area contributed by atoms with Crippen LogP contribution >= 0.6 is 0 Å². The number of nitrogens with zero attached hydrogens (tertiary/aromatic N) is 3. The van der Waals surface area contributed by atoms with Crippen LogP contribution in [0.4, 0.5) is 0 Å². The Kier molecular flexibility index (Phi) is 3.31. The minimum atomic E-state index is 0.103. The Labute approximate surface area is 113 Å². The van der Waals surface area contributed by atoms with E-state index < -0.39 is 0 Å². The number of fused-ring (bicyclic) bond motifs is 1. The zero-order chi connectivity index (χ0) is 13.4. The summed E-state index contributed by atoms with van der Waals surface area (Å²) in [6.07, 6.45) is 5.98. The fourth-order valence-corrected chi connectivity index (χ4v) is 3.41. The Morgan fingerprint density at radius 1 is 1.58 bits per heavy atom. The Morgan fingerprint density at radius 3 is 3.11 bits per heavy atom. The van der Waals surface area contributed by atoms with E-state index in [1.165, 1.54) is 0 Å². The average Bonchev–Trinajstić information content (AvgIpc) is 3.03. The normalized spacial score (nSPS) is 30.4. The van der Waals surface area contributed by atoms with Gasteiger partial charge < -0.3 is 9.64 Å². The highest BCUT2D eigenvalue weighted by Gasteiger charge is 2.41. The molecule has 2 saturated heterocycles. The zero-order valence-corrected chi connectivity index (χ0v) is 11.6. The Hall–Kier alpha value is -1.36. The summed E-state index contributed by atoms with van der Waals surface area (Å²) in [6.45, 7) is 4.66. The number of aromatic nitrogens is 2. The summed E-state index contributed by atoms with van der Waals surface area (Å²) in [4.78, 5) is 14.3. The third-order valence-electron chi connectivity index (χ3n) is 4.44. The second-order valence-corrected chi connectivity index (χ2v) is 5.65. The summed E-state index contributed by atoms with van der Waals surface area (Å²) in [5.74, 6) is 1.26. The van der Waals surface area contributed by atoms with Crippen LogP contribution < -0.4 is 0 Å². The van der Waals surface area contributed by atoms with Gasteiger partial charge in [0.05, 0.1) is 24.5 Å². The van der Waals surface area contributed by atoms with Gasteiger partial charge >= 0.3 is 0 Å². The van der Waals surface area contributed by atoms with Crippen molar-refractivity contribution in [1.82, 2.24) is 14.7 Å². The number of hydrogen-bond donors (Lipinski definition) is 0. The molecule has 3 atom stereocenters. The lowest BCUT2D eigenvalue weighted by Gasteiger charge is -2.35. The summed E-state index contributed by atoms with van der Waals surface area (Å²) in [7, 11) is 1.83. The largest absolute Gasteiger partial charge is 0.378 e. The van der Waals surface area contributed by atoms with Crippen LogP contribution in [0.15, 0.2) is 12.4 Å². The Morgan fingerprint density at radius 2 is 2.42 bits per heavy atom. The number of amides is 1. The van der Waals surface area contributed by atoms with Crippen LogP contribution in [0.3, 0.4) is 0 Å². The number of rotatable bonds is 2. The molecule has 2 fully saturated rings. The molecular formula is C14H21N3O2. The molecule has 0 aliphatic carbocycles. The van der Waals surface area contributed by atoms with E-state index in [9.17, 15) is 4.79 Å². The van der Waals surface area contributed by atoms with Gasteiger partial charge in [-0.15, -0.1) is 0 Å². The third-order valence-corrected chi connectivity index (χ3v) is 4.44. The van der Waals surface area contributed by atoms with Crippen LogP contribution in [0.2, 0.25) is 0 Å². The molecule has 1 aromatic rings. The second-order valence-electron chi connectivity index (χ2n) is 5.65. The first-order chi connectivity index (χ1) is 9.19. The smallest absolute Gasteiger partial charge is 0.257 e. The third kappa shape index (κ3) is 2.27. The van der Waals surface area contributed by atoms with Crippen LogP contribution in [-0.2, 0) is 11.8 Å². The molecule has 2 aliphatic heterocycles. The highest BCUT2D eigenvalue weighted by Crippen LogP contribution is 2.35. The number of ether oxygens (including phenoxy) is 1. The zero-order valence-electron chi connectivity index (χ0n) is 11.6. The maximum Gasteiger partial charge on any atom is 0.257 e. The number of likely N-dealkylation sites (tertiary alicyclic amines) is 1. The molecule has 0 N–H and O–H groups in total. The monoisotopic (exact) mass is 263 g/mol. The SMILES string of the molecule is CC[C@H]1OC[C@H]2CN(C(=O)c3cnn(C)c3)CC[C@H]21. The minimum absolute atomic E-state index is 0.103. The Bertz CT molecular complexity index is 471. The first-order valence-corrected chi connectivity index (χ1v) is 7.08. The van der Waals surface area contributed by atoms with E-state index in [1.54, 1.807) is 17.1 Å². The molecule has 5 heteroatoms. The van der Waals surface area contributed by atoms with E-state index in [1.807, 2.05) is 11.9 Å². The lowest BCUT2D eigenvalue weighted by Crippen LogP contribution is -2.44. The lowest BCUT2D eigenvalue weighted by molar-refractivity contribution is 0.0608. The van der Waals surface area contributed by atoms with E-state index in [0.29, 0.717) is 23.5 Å². The molecule has 1 amide bonds. The molecule has 0 unspecified atom stereocenters. The summed E-state index contributed by atoms with van der Waals surface area (Å²) in [5, 5.41) is 4.07. The van der Waals surface area contributed by atoms with Crippen molar-refractivity contribution < 1.29 is 9.53 Å². The summed E-state index contributed by atoms with van der Waals surface area (Å²) in [5.41, 5.74) is 0.687. The van der Waals surface area contributed by atoms with Crippen LogP contribution in [0, 0.1) is 11.8 Å². The maximum absolute atomic E-state index is 12.4. The van der Waals surface area contributed by atoms with Crippen molar-refractivity contribution in [1.29, 1.82) is 0 Å². The molecule has 0 spiro atoms.